The fraction of sp³-hybridized carbons (Fsp3) is 0.105. The van der Waals surface area contributed by atoms with Crippen molar-refractivity contribution in [1.29, 1.82) is 5.26 Å². The first-order valence-corrected chi connectivity index (χ1v) is 7.66. The van der Waals surface area contributed by atoms with Crippen molar-refractivity contribution < 1.29 is 9.59 Å². The number of hydrogen-bond donors (Lipinski definition) is 1. The molecule has 2 aromatic carbocycles. The fourth-order valence-electron chi connectivity index (χ4n) is 2.02. The normalized spacial score (nSPS) is 11.7. The maximum absolute atomic E-state index is 12.1. The number of halogens is 1. The molecule has 1 atom stereocenters. The van der Waals surface area contributed by atoms with Crippen molar-refractivity contribution in [3.63, 3.8) is 0 Å². The molecular weight excluding hydrogens is 324 g/mol. The number of rotatable bonds is 6. The molecule has 0 aliphatic rings. The number of carbonyl (C=O) groups is 2. The van der Waals surface area contributed by atoms with Crippen LogP contribution in [0.2, 0.25) is 5.02 Å². The van der Waals surface area contributed by atoms with Gasteiger partial charge in [-0.05, 0) is 29.3 Å². The third-order valence-corrected chi connectivity index (χ3v) is 3.51. The molecule has 0 saturated carbocycles. The summed E-state index contributed by atoms with van der Waals surface area (Å²) in [7, 11) is 0. The van der Waals surface area contributed by atoms with E-state index in [2.05, 4.69) is 5.32 Å². The second-order valence-electron chi connectivity index (χ2n) is 5.06. The number of nitrogens with zero attached hydrogens (tertiary/aromatic N) is 1. The molecule has 120 valence electrons. The van der Waals surface area contributed by atoms with E-state index < -0.39 is 17.6 Å². The van der Waals surface area contributed by atoms with Gasteiger partial charge in [-0.1, -0.05) is 60.1 Å². The van der Waals surface area contributed by atoms with Gasteiger partial charge in [0, 0.05) is 11.6 Å². The first-order valence-electron chi connectivity index (χ1n) is 7.29. The minimum atomic E-state index is -1.37. The van der Waals surface area contributed by atoms with Crippen LogP contribution in [0.4, 0.5) is 0 Å². The molecule has 0 fully saturated rings. The Bertz CT molecular complexity index is 795. The second kappa shape index (κ2) is 8.66. The lowest BCUT2D eigenvalue weighted by Crippen LogP contribution is -2.33. The molecule has 2 aromatic rings. The summed E-state index contributed by atoms with van der Waals surface area (Å²) in [5.74, 6) is -2.55. The molecule has 5 heteroatoms. The highest BCUT2D eigenvalue weighted by Crippen LogP contribution is 2.12. The number of nitrogens with one attached hydrogen (secondary N) is 1. The highest BCUT2D eigenvalue weighted by molar-refractivity contribution is 6.30. The Balaban J connectivity index is 1.98. The third-order valence-electron chi connectivity index (χ3n) is 3.27. The SMILES string of the molecule is N#CC(C(=O)/C=C/c1cccc(Cl)c1)C(=O)NCc1ccccc1. The molecule has 24 heavy (non-hydrogen) atoms. The molecule has 1 N–H and O–H groups in total. The molecule has 0 aliphatic carbocycles. The van der Waals surface area contributed by atoms with Gasteiger partial charge < -0.3 is 5.32 Å². The van der Waals surface area contributed by atoms with E-state index in [4.69, 9.17) is 16.9 Å². The van der Waals surface area contributed by atoms with E-state index in [1.165, 1.54) is 12.2 Å². The monoisotopic (exact) mass is 338 g/mol. The summed E-state index contributed by atoms with van der Waals surface area (Å²) in [6, 6.07) is 17.9. The average Bonchev–Trinajstić information content (AvgIpc) is 2.60. The van der Waals surface area contributed by atoms with Crippen molar-refractivity contribution in [3.8, 4) is 6.07 Å². The largest absolute Gasteiger partial charge is 0.350 e. The van der Waals surface area contributed by atoms with Crippen LogP contribution in [0.5, 0.6) is 0 Å². The molecule has 2 rings (SSSR count). The Hall–Kier alpha value is -2.90. The summed E-state index contributed by atoms with van der Waals surface area (Å²) >= 11 is 5.86. The van der Waals surface area contributed by atoms with Gasteiger partial charge in [-0.3, -0.25) is 9.59 Å². The predicted molar refractivity (Wildman–Crippen MR) is 92.9 cm³/mol. The minimum absolute atomic E-state index is 0.267. The Morgan fingerprint density at radius 1 is 1.17 bits per heavy atom. The smallest absolute Gasteiger partial charge is 0.245 e. The quantitative estimate of drug-likeness (QED) is 0.648. The fourth-order valence-corrected chi connectivity index (χ4v) is 2.22. The van der Waals surface area contributed by atoms with Crippen LogP contribution in [0.3, 0.4) is 0 Å². The van der Waals surface area contributed by atoms with Crippen molar-refractivity contribution in [2.75, 3.05) is 0 Å². The van der Waals surface area contributed by atoms with Gasteiger partial charge in [0.05, 0.1) is 6.07 Å². The maximum atomic E-state index is 12.1. The highest BCUT2D eigenvalue weighted by Gasteiger charge is 2.23. The molecule has 1 amide bonds. The van der Waals surface area contributed by atoms with E-state index in [1.54, 1.807) is 30.3 Å². The van der Waals surface area contributed by atoms with Crippen LogP contribution >= 0.6 is 11.6 Å². The molecular formula is C19H15ClN2O2. The van der Waals surface area contributed by atoms with Crippen molar-refractivity contribution in [2.24, 2.45) is 5.92 Å². The Labute approximate surface area is 145 Å². The number of carbonyl (C=O) groups excluding carboxylic acids is 2. The molecule has 0 saturated heterocycles. The molecule has 0 spiro atoms. The Morgan fingerprint density at radius 3 is 2.58 bits per heavy atom. The summed E-state index contributed by atoms with van der Waals surface area (Å²) in [6.07, 6.45) is 2.75. The summed E-state index contributed by atoms with van der Waals surface area (Å²) < 4.78 is 0. The third kappa shape index (κ3) is 5.08. The van der Waals surface area contributed by atoms with Crippen molar-refractivity contribution in [3.05, 3.63) is 76.8 Å². The van der Waals surface area contributed by atoms with Gasteiger partial charge in [0.2, 0.25) is 5.91 Å². The van der Waals surface area contributed by atoms with Gasteiger partial charge in [-0.15, -0.1) is 0 Å². The van der Waals surface area contributed by atoms with Crippen LogP contribution in [0.25, 0.3) is 6.08 Å². The summed E-state index contributed by atoms with van der Waals surface area (Å²) in [5, 5.41) is 12.3. The van der Waals surface area contributed by atoms with Crippen LogP contribution in [-0.2, 0) is 16.1 Å². The predicted octanol–water partition coefficient (Wildman–Crippen LogP) is 3.38. The molecule has 0 aromatic heterocycles. The van der Waals surface area contributed by atoms with Gasteiger partial charge in [-0.25, -0.2) is 0 Å². The van der Waals surface area contributed by atoms with Crippen molar-refractivity contribution in [1.82, 2.24) is 5.32 Å². The van der Waals surface area contributed by atoms with Crippen LogP contribution < -0.4 is 5.32 Å². The van der Waals surface area contributed by atoms with E-state index in [9.17, 15) is 9.59 Å². The van der Waals surface area contributed by atoms with Gasteiger partial charge in [0.1, 0.15) is 0 Å². The average molecular weight is 339 g/mol. The molecule has 0 bridgehead atoms. The number of allylic oxidation sites excluding steroid dienone is 1. The van der Waals surface area contributed by atoms with Gasteiger partial charge in [0.25, 0.3) is 0 Å². The topological polar surface area (TPSA) is 70.0 Å². The van der Waals surface area contributed by atoms with E-state index in [-0.39, 0.29) is 6.54 Å². The summed E-state index contributed by atoms with van der Waals surface area (Å²) in [6.45, 7) is 0.267. The zero-order valence-corrected chi connectivity index (χ0v) is 13.5. The zero-order valence-electron chi connectivity index (χ0n) is 12.8. The van der Waals surface area contributed by atoms with Gasteiger partial charge >= 0.3 is 0 Å². The number of nitriles is 1. The lowest BCUT2D eigenvalue weighted by atomic mass is 10.0. The maximum Gasteiger partial charge on any atom is 0.245 e. The van der Waals surface area contributed by atoms with Crippen LogP contribution in [0.1, 0.15) is 11.1 Å². The lowest BCUT2D eigenvalue weighted by Gasteiger charge is -2.08. The van der Waals surface area contributed by atoms with E-state index in [0.29, 0.717) is 5.02 Å². The Kier molecular flexibility index (Phi) is 6.30. The van der Waals surface area contributed by atoms with E-state index >= 15 is 0 Å². The zero-order chi connectivity index (χ0) is 17.4. The number of hydrogen-bond acceptors (Lipinski definition) is 3. The van der Waals surface area contributed by atoms with E-state index in [0.717, 1.165) is 11.1 Å². The van der Waals surface area contributed by atoms with Crippen LogP contribution in [-0.4, -0.2) is 11.7 Å². The highest BCUT2D eigenvalue weighted by atomic mass is 35.5. The molecule has 4 nitrogen and oxygen atoms in total. The number of ketones is 1. The number of benzene rings is 2. The first-order chi connectivity index (χ1) is 11.6. The Morgan fingerprint density at radius 2 is 1.92 bits per heavy atom. The molecule has 0 aliphatic heterocycles. The second-order valence-corrected chi connectivity index (χ2v) is 5.49. The lowest BCUT2D eigenvalue weighted by molar-refractivity contribution is -0.129. The summed E-state index contributed by atoms with van der Waals surface area (Å²) in [4.78, 5) is 24.1. The standard InChI is InChI=1S/C19H15ClN2O2/c20-16-8-4-7-14(11-16)9-10-18(23)17(12-21)19(24)22-13-15-5-2-1-3-6-15/h1-11,17H,13H2,(H,22,24)/b10-9+. The molecule has 0 radical (unpaired) electrons. The van der Waals surface area contributed by atoms with Gasteiger partial charge in [-0.2, -0.15) is 5.26 Å². The minimum Gasteiger partial charge on any atom is -0.350 e. The van der Waals surface area contributed by atoms with Crippen LogP contribution in [0, 0.1) is 17.2 Å². The van der Waals surface area contributed by atoms with E-state index in [1.807, 2.05) is 30.3 Å². The first kappa shape index (κ1) is 17.5. The molecule has 0 heterocycles. The van der Waals surface area contributed by atoms with Crippen molar-refractivity contribution >= 4 is 29.4 Å². The molecule has 1 unspecified atom stereocenters. The number of amides is 1. The summed E-state index contributed by atoms with van der Waals surface area (Å²) in [5.41, 5.74) is 1.61. The van der Waals surface area contributed by atoms with Crippen LogP contribution in [0.15, 0.2) is 60.7 Å². The van der Waals surface area contributed by atoms with Crippen molar-refractivity contribution in [2.45, 2.75) is 6.54 Å². The van der Waals surface area contributed by atoms with Gasteiger partial charge in [0.15, 0.2) is 11.7 Å².